The molecule has 0 aromatic carbocycles. The summed E-state index contributed by atoms with van der Waals surface area (Å²) in [7, 11) is 0. The topological polar surface area (TPSA) is 0 Å². The van der Waals surface area contributed by atoms with E-state index in [4.69, 9.17) is 0 Å². The molecule has 0 aliphatic heterocycles. The van der Waals surface area contributed by atoms with E-state index in [1.165, 1.54) is 32.1 Å². The second kappa shape index (κ2) is 8.19. The normalized spacial score (nSPS) is 19.6. The molecular formula is C15H32. The van der Waals surface area contributed by atoms with Crippen molar-refractivity contribution in [1.29, 1.82) is 0 Å². The van der Waals surface area contributed by atoms with Crippen LogP contribution in [0.3, 0.4) is 0 Å². The highest BCUT2D eigenvalue weighted by Crippen LogP contribution is 2.33. The lowest BCUT2D eigenvalue weighted by atomic mass is 9.73. The summed E-state index contributed by atoms with van der Waals surface area (Å²) < 4.78 is 0. The standard InChI is InChI=1S/C15H32/c1-7-10-12(4)14(6)15(9-3)13(5)11-8-2/h12-15H,7-11H2,1-6H3. The van der Waals surface area contributed by atoms with Gasteiger partial charge in [-0.15, -0.1) is 0 Å². The highest BCUT2D eigenvalue weighted by atomic mass is 14.3. The average molecular weight is 212 g/mol. The Bertz CT molecular complexity index is 139. The molecule has 0 rings (SSSR count). The van der Waals surface area contributed by atoms with Crippen LogP contribution in [0.5, 0.6) is 0 Å². The monoisotopic (exact) mass is 212 g/mol. The van der Waals surface area contributed by atoms with Crippen molar-refractivity contribution in [3.05, 3.63) is 0 Å². The van der Waals surface area contributed by atoms with Gasteiger partial charge in [-0.05, 0) is 23.7 Å². The van der Waals surface area contributed by atoms with Crippen LogP contribution in [0.25, 0.3) is 0 Å². The van der Waals surface area contributed by atoms with E-state index in [0.717, 1.165) is 23.7 Å². The summed E-state index contributed by atoms with van der Waals surface area (Å²) >= 11 is 0. The maximum Gasteiger partial charge on any atom is -0.0363 e. The van der Waals surface area contributed by atoms with Crippen LogP contribution < -0.4 is 0 Å². The van der Waals surface area contributed by atoms with E-state index in [1.54, 1.807) is 0 Å². The van der Waals surface area contributed by atoms with Gasteiger partial charge in [0.2, 0.25) is 0 Å². The zero-order chi connectivity index (χ0) is 11.8. The lowest BCUT2D eigenvalue weighted by Gasteiger charge is -2.32. The summed E-state index contributed by atoms with van der Waals surface area (Å²) in [4.78, 5) is 0. The lowest BCUT2D eigenvalue weighted by Crippen LogP contribution is -2.24. The summed E-state index contributed by atoms with van der Waals surface area (Å²) in [5, 5.41) is 0. The van der Waals surface area contributed by atoms with Crippen LogP contribution in [0.1, 0.15) is 73.6 Å². The predicted molar refractivity (Wildman–Crippen MR) is 71.1 cm³/mol. The molecule has 92 valence electrons. The van der Waals surface area contributed by atoms with E-state index < -0.39 is 0 Å². The van der Waals surface area contributed by atoms with E-state index in [2.05, 4.69) is 41.5 Å². The molecule has 15 heavy (non-hydrogen) atoms. The maximum absolute atomic E-state index is 2.47. The Morgan fingerprint density at radius 2 is 1.20 bits per heavy atom. The van der Waals surface area contributed by atoms with Gasteiger partial charge in [0, 0.05) is 0 Å². The Balaban J connectivity index is 4.24. The van der Waals surface area contributed by atoms with Gasteiger partial charge in [0.05, 0.1) is 0 Å². The highest BCUT2D eigenvalue weighted by Gasteiger charge is 2.24. The third kappa shape index (κ3) is 5.04. The van der Waals surface area contributed by atoms with Crippen molar-refractivity contribution in [3.63, 3.8) is 0 Å². The zero-order valence-electron chi connectivity index (χ0n) is 11.8. The van der Waals surface area contributed by atoms with Gasteiger partial charge in [-0.1, -0.05) is 73.6 Å². The van der Waals surface area contributed by atoms with Crippen molar-refractivity contribution in [2.24, 2.45) is 23.7 Å². The molecule has 0 heterocycles. The highest BCUT2D eigenvalue weighted by molar-refractivity contribution is 4.74. The number of rotatable bonds is 8. The Morgan fingerprint density at radius 3 is 1.60 bits per heavy atom. The molecule has 4 atom stereocenters. The van der Waals surface area contributed by atoms with Crippen LogP contribution in [-0.2, 0) is 0 Å². The molecule has 0 nitrogen and oxygen atoms in total. The van der Waals surface area contributed by atoms with Crippen molar-refractivity contribution in [1.82, 2.24) is 0 Å². The molecule has 0 amide bonds. The Hall–Kier alpha value is 0. The van der Waals surface area contributed by atoms with Gasteiger partial charge in [0.25, 0.3) is 0 Å². The van der Waals surface area contributed by atoms with Gasteiger partial charge < -0.3 is 0 Å². The summed E-state index contributed by atoms with van der Waals surface area (Å²) in [6.07, 6.45) is 6.84. The zero-order valence-corrected chi connectivity index (χ0v) is 11.8. The fourth-order valence-electron chi connectivity index (χ4n) is 3.10. The van der Waals surface area contributed by atoms with E-state index in [1.807, 2.05) is 0 Å². The molecule has 0 radical (unpaired) electrons. The molecule has 0 aromatic heterocycles. The minimum atomic E-state index is 0.900. The maximum atomic E-state index is 2.47. The minimum Gasteiger partial charge on any atom is -0.0654 e. The SMILES string of the molecule is CCCC(C)C(C)C(CC)C(C)CCC. The summed E-state index contributed by atoms with van der Waals surface area (Å²) in [5.74, 6) is 3.65. The fourth-order valence-corrected chi connectivity index (χ4v) is 3.10. The summed E-state index contributed by atoms with van der Waals surface area (Å²) in [6, 6.07) is 0. The molecule has 4 unspecified atom stereocenters. The van der Waals surface area contributed by atoms with E-state index in [-0.39, 0.29) is 0 Å². The third-order valence-electron chi connectivity index (χ3n) is 4.26. The number of hydrogen-bond acceptors (Lipinski definition) is 0. The van der Waals surface area contributed by atoms with E-state index in [0.29, 0.717) is 0 Å². The van der Waals surface area contributed by atoms with Crippen molar-refractivity contribution in [3.8, 4) is 0 Å². The third-order valence-corrected chi connectivity index (χ3v) is 4.26. The molecular weight excluding hydrogens is 180 g/mol. The number of hydrogen-bond donors (Lipinski definition) is 0. The average Bonchev–Trinajstić information content (AvgIpc) is 2.19. The molecule has 0 aliphatic rings. The van der Waals surface area contributed by atoms with Crippen LogP contribution in [0.15, 0.2) is 0 Å². The smallest absolute Gasteiger partial charge is 0.0363 e. The van der Waals surface area contributed by atoms with Gasteiger partial charge in [-0.25, -0.2) is 0 Å². The Labute approximate surface area is 97.8 Å². The van der Waals surface area contributed by atoms with Crippen molar-refractivity contribution in [2.45, 2.75) is 73.6 Å². The quantitative estimate of drug-likeness (QED) is 0.497. The van der Waals surface area contributed by atoms with Gasteiger partial charge >= 0.3 is 0 Å². The van der Waals surface area contributed by atoms with Crippen LogP contribution in [0.2, 0.25) is 0 Å². The van der Waals surface area contributed by atoms with E-state index in [9.17, 15) is 0 Å². The van der Waals surface area contributed by atoms with Gasteiger partial charge in [-0.2, -0.15) is 0 Å². The van der Waals surface area contributed by atoms with Crippen LogP contribution >= 0.6 is 0 Å². The minimum absolute atomic E-state index is 0.900. The first kappa shape index (κ1) is 15.0. The second-order valence-electron chi connectivity index (χ2n) is 5.46. The predicted octanol–water partition coefficient (Wildman–Crippen LogP) is 5.52. The molecule has 0 aromatic rings. The molecule has 0 aliphatic carbocycles. The Kier molecular flexibility index (Phi) is 8.19. The van der Waals surface area contributed by atoms with Crippen molar-refractivity contribution in [2.75, 3.05) is 0 Å². The second-order valence-corrected chi connectivity index (χ2v) is 5.46. The lowest BCUT2D eigenvalue weighted by molar-refractivity contribution is 0.173. The van der Waals surface area contributed by atoms with Gasteiger partial charge in [-0.3, -0.25) is 0 Å². The van der Waals surface area contributed by atoms with E-state index >= 15 is 0 Å². The molecule has 0 heteroatoms. The largest absolute Gasteiger partial charge is 0.0654 e. The van der Waals surface area contributed by atoms with Gasteiger partial charge in [0.15, 0.2) is 0 Å². The molecule has 0 bridgehead atoms. The molecule has 0 N–H and O–H groups in total. The fraction of sp³-hybridized carbons (Fsp3) is 1.00. The van der Waals surface area contributed by atoms with Crippen LogP contribution in [0.4, 0.5) is 0 Å². The first-order chi connectivity index (χ1) is 7.08. The summed E-state index contributed by atoms with van der Waals surface area (Å²) in [6.45, 7) is 14.3. The first-order valence-corrected chi connectivity index (χ1v) is 7.08. The summed E-state index contributed by atoms with van der Waals surface area (Å²) in [5.41, 5.74) is 0. The van der Waals surface area contributed by atoms with Crippen molar-refractivity contribution < 1.29 is 0 Å². The van der Waals surface area contributed by atoms with Crippen LogP contribution in [-0.4, -0.2) is 0 Å². The van der Waals surface area contributed by atoms with Crippen LogP contribution in [0, 0.1) is 23.7 Å². The van der Waals surface area contributed by atoms with Gasteiger partial charge in [0.1, 0.15) is 0 Å². The Morgan fingerprint density at radius 1 is 0.733 bits per heavy atom. The molecule has 0 spiro atoms. The molecule has 0 fully saturated rings. The van der Waals surface area contributed by atoms with Crippen molar-refractivity contribution >= 4 is 0 Å². The molecule has 0 saturated heterocycles. The first-order valence-electron chi connectivity index (χ1n) is 7.08. The molecule has 0 saturated carbocycles.